The van der Waals surface area contributed by atoms with E-state index in [0.717, 1.165) is 0 Å². The smallest absolute Gasteiger partial charge is 0.0941 e. The van der Waals surface area contributed by atoms with Crippen LogP contribution >= 0.6 is 0 Å². The van der Waals surface area contributed by atoms with Gasteiger partial charge in [-0.3, -0.25) is 0 Å². The Bertz CT molecular complexity index is 188. The highest BCUT2D eigenvalue weighted by molar-refractivity contribution is 4.35. The lowest BCUT2D eigenvalue weighted by Gasteiger charge is -2.05. The summed E-state index contributed by atoms with van der Waals surface area (Å²) in [5.41, 5.74) is 20.6. The molecule has 0 aromatic carbocycles. The van der Waals surface area contributed by atoms with Crippen LogP contribution in [0.3, 0.4) is 0 Å². The summed E-state index contributed by atoms with van der Waals surface area (Å²) in [6, 6.07) is 0. The van der Waals surface area contributed by atoms with Crippen LogP contribution in [-0.2, 0) is 28.4 Å². The van der Waals surface area contributed by atoms with Crippen LogP contribution in [0.4, 0.5) is 0 Å². The summed E-state index contributed by atoms with van der Waals surface area (Å²) < 4.78 is 30.1. The van der Waals surface area contributed by atoms with Crippen molar-refractivity contribution < 1.29 is 28.4 Å². The largest absolute Gasteiger partial charge is 0.378 e. The van der Waals surface area contributed by atoms with Crippen LogP contribution in [0.25, 0.3) is 0 Å². The minimum atomic E-state index is 0.239. The van der Waals surface area contributed by atoms with Crippen molar-refractivity contribution in [3.8, 4) is 0 Å². The molecule has 0 aromatic rings. The third kappa shape index (κ3) is 29.6. The number of hydrogen-bond donors (Lipinski definition) is 4. The van der Waals surface area contributed by atoms with Gasteiger partial charge < -0.3 is 51.4 Å². The van der Waals surface area contributed by atoms with Crippen molar-refractivity contribution in [2.75, 3.05) is 92.6 Å². The molecule has 0 rings (SSSR count). The van der Waals surface area contributed by atoms with Crippen LogP contribution in [0.15, 0.2) is 0 Å². The zero-order chi connectivity index (χ0) is 18.1. The van der Waals surface area contributed by atoms with Gasteiger partial charge in [0.15, 0.2) is 0 Å². The molecule has 24 heavy (non-hydrogen) atoms. The highest BCUT2D eigenvalue weighted by atomic mass is 16.5. The molecule has 0 bridgehead atoms. The van der Waals surface area contributed by atoms with E-state index in [9.17, 15) is 0 Å². The van der Waals surface area contributed by atoms with Crippen molar-refractivity contribution in [3.05, 3.63) is 0 Å². The third-order valence-electron chi connectivity index (χ3n) is 2.25. The maximum Gasteiger partial charge on any atom is 0.0941 e. The van der Waals surface area contributed by atoms with Crippen LogP contribution in [0.2, 0.25) is 0 Å². The summed E-state index contributed by atoms with van der Waals surface area (Å²) in [7, 11) is 0. The topological polar surface area (TPSA) is 159 Å². The second-order valence-electron chi connectivity index (χ2n) is 4.18. The summed E-state index contributed by atoms with van der Waals surface area (Å²) in [5.74, 6) is 0. The summed E-state index contributed by atoms with van der Waals surface area (Å²) in [6.07, 6.45) is 0. The molecule has 0 aromatic heterocycles. The van der Waals surface area contributed by atoms with E-state index < -0.39 is 0 Å². The fraction of sp³-hybridized carbons (Fsp3) is 1.00. The lowest BCUT2D eigenvalue weighted by Crippen LogP contribution is -2.15. The second-order valence-corrected chi connectivity index (χ2v) is 4.18. The molecule has 0 saturated heterocycles. The zero-order valence-electron chi connectivity index (χ0n) is 14.7. The Morgan fingerprint density at radius 2 is 0.583 bits per heavy atom. The van der Waals surface area contributed by atoms with Gasteiger partial charge in [0, 0.05) is 13.1 Å². The van der Waals surface area contributed by atoms with Gasteiger partial charge in [-0.25, -0.2) is 0 Å². The van der Waals surface area contributed by atoms with Gasteiger partial charge >= 0.3 is 0 Å². The molecule has 0 spiro atoms. The van der Waals surface area contributed by atoms with Gasteiger partial charge in [-0.15, -0.1) is 0 Å². The van der Waals surface area contributed by atoms with Crippen LogP contribution < -0.4 is 22.9 Å². The first-order valence-electron chi connectivity index (χ1n) is 8.10. The predicted octanol–water partition coefficient (Wildman–Crippen LogP) is -2.18. The molecule has 8 N–H and O–H groups in total. The first kappa shape index (κ1) is 25.8. The molecule has 10 nitrogen and oxygen atoms in total. The van der Waals surface area contributed by atoms with Gasteiger partial charge in [-0.1, -0.05) is 0 Å². The molecule has 10 heteroatoms. The SMILES string of the molecule is NCCOCCOCCOCCN.NCOCCOCCOCN. The molecule has 0 unspecified atom stereocenters. The van der Waals surface area contributed by atoms with Crippen LogP contribution in [0, 0.1) is 0 Å². The Balaban J connectivity index is 0. The lowest BCUT2D eigenvalue weighted by molar-refractivity contribution is 0.0169. The number of hydrogen-bond acceptors (Lipinski definition) is 10. The zero-order valence-corrected chi connectivity index (χ0v) is 14.7. The van der Waals surface area contributed by atoms with E-state index in [2.05, 4.69) is 0 Å². The average Bonchev–Trinajstić information content (AvgIpc) is 2.60. The van der Waals surface area contributed by atoms with Gasteiger partial charge in [-0.05, 0) is 0 Å². The molecule has 0 aliphatic carbocycles. The second kappa shape index (κ2) is 27.4. The highest BCUT2D eigenvalue weighted by Crippen LogP contribution is 1.80. The first-order chi connectivity index (χ1) is 11.8. The molecule has 148 valence electrons. The lowest BCUT2D eigenvalue weighted by atomic mass is 10.7. The van der Waals surface area contributed by atoms with E-state index in [1.807, 2.05) is 0 Å². The Kier molecular flexibility index (Phi) is 29.5. The van der Waals surface area contributed by atoms with Crippen molar-refractivity contribution in [2.24, 2.45) is 22.9 Å². The fourth-order valence-electron chi connectivity index (χ4n) is 1.21. The van der Waals surface area contributed by atoms with Crippen molar-refractivity contribution in [1.82, 2.24) is 0 Å². The summed E-state index contributed by atoms with van der Waals surface area (Å²) >= 11 is 0. The highest BCUT2D eigenvalue weighted by Gasteiger charge is 1.89. The first-order valence-corrected chi connectivity index (χ1v) is 8.10. The Hall–Kier alpha value is -0.400. The Labute approximate surface area is 145 Å². The van der Waals surface area contributed by atoms with Gasteiger partial charge in [0.1, 0.15) is 0 Å². The van der Waals surface area contributed by atoms with Crippen molar-refractivity contribution in [2.45, 2.75) is 0 Å². The van der Waals surface area contributed by atoms with Gasteiger partial charge in [0.2, 0.25) is 0 Å². The molecule has 0 aliphatic heterocycles. The molecular weight excluding hydrogens is 320 g/mol. The van der Waals surface area contributed by atoms with Gasteiger partial charge in [0.25, 0.3) is 0 Å². The molecule has 0 saturated carbocycles. The molecule has 0 amide bonds. The van der Waals surface area contributed by atoms with Crippen LogP contribution in [-0.4, -0.2) is 92.6 Å². The number of ether oxygens (including phenoxy) is 6. The van der Waals surface area contributed by atoms with E-state index >= 15 is 0 Å². The minimum Gasteiger partial charge on any atom is -0.378 e. The minimum absolute atomic E-state index is 0.239. The third-order valence-corrected chi connectivity index (χ3v) is 2.25. The maximum absolute atomic E-state index is 5.23. The van der Waals surface area contributed by atoms with E-state index in [1.165, 1.54) is 0 Å². The van der Waals surface area contributed by atoms with Crippen molar-refractivity contribution in [1.29, 1.82) is 0 Å². The maximum atomic E-state index is 5.23. The van der Waals surface area contributed by atoms with Crippen molar-refractivity contribution in [3.63, 3.8) is 0 Å². The summed E-state index contributed by atoms with van der Waals surface area (Å²) in [6.45, 7) is 7.28. The monoisotopic (exact) mass is 356 g/mol. The molecular formula is C14H36N4O6. The summed E-state index contributed by atoms with van der Waals surface area (Å²) in [4.78, 5) is 0. The van der Waals surface area contributed by atoms with Gasteiger partial charge in [0.05, 0.1) is 79.5 Å². The molecule has 0 radical (unpaired) electrons. The van der Waals surface area contributed by atoms with Crippen LogP contribution in [0.1, 0.15) is 0 Å². The number of rotatable bonds is 18. The normalized spacial score (nSPS) is 10.5. The number of nitrogens with two attached hydrogens (primary N) is 4. The standard InChI is InChI=1S/C8H20N2O3.C6H16N2O3/c9-1-3-11-5-7-13-8-6-12-4-2-10;7-5-10-3-1-9-2-4-11-6-8/h1-10H2;1-8H2. The quantitative estimate of drug-likeness (QED) is 0.157. The van der Waals surface area contributed by atoms with Crippen molar-refractivity contribution >= 4 is 0 Å². The molecule has 0 aliphatic rings. The summed E-state index contributed by atoms with van der Waals surface area (Å²) in [5, 5.41) is 0. The Morgan fingerprint density at radius 3 is 0.833 bits per heavy atom. The Morgan fingerprint density at radius 1 is 0.333 bits per heavy atom. The average molecular weight is 356 g/mol. The molecule has 0 fully saturated rings. The molecule has 0 heterocycles. The van der Waals surface area contributed by atoms with Crippen LogP contribution in [0.5, 0.6) is 0 Å². The predicted molar refractivity (Wildman–Crippen MR) is 91.4 cm³/mol. The van der Waals surface area contributed by atoms with E-state index in [0.29, 0.717) is 79.2 Å². The van der Waals surface area contributed by atoms with Gasteiger partial charge in [-0.2, -0.15) is 0 Å². The molecule has 0 atom stereocenters. The van der Waals surface area contributed by atoms with E-state index in [-0.39, 0.29) is 13.5 Å². The van der Waals surface area contributed by atoms with E-state index in [4.69, 9.17) is 51.4 Å². The van der Waals surface area contributed by atoms with E-state index in [1.54, 1.807) is 0 Å². The fourth-order valence-corrected chi connectivity index (χ4v) is 1.21.